The van der Waals surface area contributed by atoms with E-state index in [4.69, 9.17) is 4.99 Å². The average Bonchev–Trinajstić information content (AvgIpc) is 3.09. The van der Waals surface area contributed by atoms with Crippen LogP contribution in [0.15, 0.2) is 11.3 Å². The first kappa shape index (κ1) is 14.4. The zero-order chi connectivity index (χ0) is 14.7. The second kappa shape index (κ2) is 6.45. The van der Waals surface area contributed by atoms with Crippen LogP contribution >= 0.6 is 0 Å². The summed E-state index contributed by atoms with van der Waals surface area (Å²) in [6.45, 7) is 5.94. The zero-order valence-electron chi connectivity index (χ0n) is 13.1. The summed E-state index contributed by atoms with van der Waals surface area (Å²) in [5, 5.41) is 11.5. The van der Waals surface area contributed by atoms with Crippen molar-refractivity contribution in [2.45, 2.75) is 39.2 Å². The van der Waals surface area contributed by atoms with Crippen LogP contribution in [0.4, 0.5) is 0 Å². The van der Waals surface area contributed by atoms with Gasteiger partial charge < -0.3 is 14.8 Å². The second-order valence-electron chi connectivity index (χ2n) is 6.24. The van der Waals surface area contributed by atoms with Gasteiger partial charge in [0.2, 0.25) is 0 Å². The van der Waals surface area contributed by atoms with Gasteiger partial charge in [0, 0.05) is 26.7 Å². The Kier molecular flexibility index (Phi) is 4.41. The van der Waals surface area contributed by atoms with Gasteiger partial charge in [0.1, 0.15) is 12.9 Å². The molecule has 1 aromatic rings. The summed E-state index contributed by atoms with van der Waals surface area (Å²) in [5.74, 6) is 3.69. The summed E-state index contributed by atoms with van der Waals surface area (Å²) in [6, 6.07) is 0. The Morgan fingerprint density at radius 1 is 1.33 bits per heavy atom. The first-order valence-corrected chi connectivity index (χ1v) is 8.14. The monoisotopic (exact) mass is 290 g/mol. The second-order valence-corrected chi connectivity index (χ2v) is 6.24. The van der Waals surface area contributed by atoms with Gasteiger partial charge in [0.25, 0.3) is 0 Å². The highest BCUT2D eigenvalue weighted by Gasteiger charge is 2.35. The summed E-state index contributed by atoms with van der Waals surface area (Å²) in [6.07, 6.45) is 7.32. The Labute approximate surface area is 126 Å². The lowest BCUT2D eigenvalue weighted by Gasteiger charge is -2.22. The molecule has 2 aliphatic rings. The van der Waals surface area contributed by atoms with E-state index in [0.717, 1.165) is 43.3 Å². The molecule has 1 aliphatic heterocycles. The van der Waals surface area contributed by atoms with Crippen molar-refractivity contribution in [3.05, 3.63) is 12.2 Å². The van der Waals surface area contributed by atoms with Gasteiger partial charge in [-0.15, -0.1) is 10.2 Å². The number of aromatic nitrogens is 3. The number of nitrogens with one attached hydrogen (secondary N) is 1. The first-order chi connectivity index (χ1) is 10.3. The van der Waals surface area contributed by atoms with Crippen LogP contribution in [0.25, 0.3) is 0 Å². The summed E-state index contributed by atoms with van der Waals surface area (Å²) in [5.41, 5.74) is 0. The third-order valence-corrected chi connectivity index (χ3v) is 4.79. The van der Waals surface area contributed by atoms with Crippen molar-refractivity contribution < 1.29 is 0 Å². The van der Waals surface area contributed by atoms with Crippen LogP contribution < -0.4 is 5.32 Å². The highest BCUT2D eigenvalue weighted by Crippen LogP contribution is 2.35. The molecule has 6 nitrogen and oxygen atoms in total. The van der Waals surface area contributed by atoms with Gasteiger partial charge in [0.15, 0.2) is 11.8 Å². The molecule has 0 spiro atoms. The van der Waals surface area contributed by atoms with Crippen molar-refractivity contribution >= 4 is 5.96 Å². The van der Waals surface area contributed by atoms with Crippen LogP contribution in [0.1, 0.15) is 38.4 Å². The SMILES string of the molecule is CCNC(=NCc1nncn1C)N1CC2CCCCC2C1. The fraction of sp³-hybridized carbons (Fsp3) is 0.800. The molecule has 2 heterocycles. The normalized spacial score (nSPS) is 26.0. The minimum absolute atomic E-state index is 0.588. The van der Waals surface area contributed by atoms with Gasteiger partial charge in [0.05, 0.1) is 0 Å². The van der Waals surface area contributed by atoms with Crippen molar-refractivity contribution in [3.63, 3.8) is 0 Å². The third-order valence-electron chi connectivity index (χ3n) is 4.79. The number of guanidine groups is 1. The lowest BCUT2D eigenvalue weighted by Crippen LogP contribution is -2.40. The van der Waals surface area contributed by atoms with E-state index in [1.807, 2.05) is 11.6 Å². The van der Waals surface area contributed by atoms with E-state index < -0.39 is 0 Å². The van der Waals surface area contributed by atoms with E-state index in [2.05, 4.69) is 27.3 Å². The smallest absolute Gasteiger partial charge is 0.194 e. The number of rotatable bonds is 3. The van der Waals surface area contributed by atoms with Gasteiger partial charge in [-0.25, -0.2) is 4.99 Å². The average molecular weight is 290 g/mol. The number of aliphatic imine (C=N–C) groups is 1. The number of nitrogens with zero attached hydrogens (tertiary/aromatic N) is 5. The maximum absolute atomic E-state index is 4.76. The Morgan fingerprint density at radius 2 is 2.05 bits per heavy atom. The number of fused-ring (bicyclic) bond motifs is 1. The third kappa shape index (κ3) is 3.19. The van der Waals surface area contributed by atoms with Crippen molar-refractivity contribution in [1.29, 1.82) is 0 Å². The molecule has 6 heteroatoms. The molecule has 21 heavy (non-hydrogen) atoms. The van der Waals surface area contributed by atoms with E-state index in [1.165, 1.54) is 25.7 Å². The summed E-state index contributed by atoms with van der Waals surface area (Å²) in [4.78, 5) is 7.21. The molecule has 3 rings (SSSR count). The molecule has 1 saturated carbocycles. The number of aryl methyl sites for hydroxylation is 1. The minimum Gasteiger partial charge on any atom is -0.357 e. The maximum Gasteiger partial charge on any atom is 0.194 e. The Morgan fingerprint density at radius 3 is 2.62 bits per heavy atom. The van der Waals surface area contributed by atoms with E-state index in [1.54, 1.807) is 6.33 Å². The molecule has 116 valence electrons. The molecule has 1 saturated heterocycles. The molecule has 1 N–H and O–H groups in total. The van der Waals surface area contributed by atoms with E-state index in [-0.39, 0.29) is 0 Å². The van der Waals surface area contributed by atoms with Gasteiger partial charge >= 0.3 is 0 Å². The highest BCUT2D eigenvalue weighted by atomic mass is 15.3. The molecule has 1 aromatic heterocycles. The molecule has 0 amide bonds. The van der Waals surface area contributed by atoms with E-state index in [9.17, 15) is 0 Å². The van der Waals surface area contributed by atoms with E-state index >= 15 is 0 Å². The van der Waals surface area contributed by atoms with Crippen molar-refractivity contribution in [2.75, 3.05) is 19.6 Å². The standard InChI is InChI=1S/C15H26N6/c1-3-16-15(17-8-14-19-18-11-20(14)2)21-9-12-6-4-5-7-13(12)10-21/h11-13H,3-10H2,1-2H3,(H,16,17). The zero-order valence-corrected chi connectivity index (χ0v) is 13.1. The minimum atomic E-state index is 0.588. The van der Waals surface area contributed by atoms with Crippen LogP contribution in [0.5, 0.6) is 0 Å². The molecule has 0 aromatic carbocycles. The molecule has 2 atom stereocenters. The quantitative estimate of drug-likeness (QED) is 0.675. The lowest BCUT2D eigenvalue weighted by molar-refractivity contribution is 0.299. The van der Waals surface area contributed by atoms with Crippen molar-refractivity contribution in [1.82, 2.24) is 25.0 Å². The van der Waals surface area contributed by atoms with Crippen LogP contribution in [0, 0.1) is 11.8 Å². The van der Waals surface area contributed by atoms with E-state index in [0.29, 0.717) is 6.54 Å². The summed E-state index contributed by atoms with van der Waals surface area (Å²) in [7, 11) is 1.96. The molecule has 0 radical (unpaired) electrons. The van der Waals surface area contributed by atoms with Crippen LogP contribution in [0.3, 0.4) is 0 Å². The predicted molar refractivity (Wildman–Crippen MR) is 82.8 cm³/mol. The van der Waals surface area contributed by atoms with Gasteiger partial charge in [-0.1, -0.05) is 12.8 Å². The van der Waals surface area contributed by atoms with Gasteiger partial charge in [-0.05, 0) is 31.6 Å². The van der Waals surface area contributed by atoms with Gasteiger partial charge in [-0.2, -0.15) is 0 Å². The maximum atomic E-state index is 4.76. The largest absolute Gasteiger partial charge is 0.357 e. The topological polar surface area (TPSA) is 58.3 Å². The fourth-order valence-corrected chi connectivity index (χ4v) is 3.60. The number of hydrogen-bond acceptors (Lipinski definition) is 3. The lowest BCUT2D eigenvalue weighted by atomic mass is 9.82. The number of hydrogen-bond donors (Lipinski definition) is 1. The highest BCUT2D eigenvalue weighted by molar-refractivity contribution is 5.80. The van der Waals surface area contributed by atoms with Crippen LogP contribution in [-0.4, -0.2) is 45.3 Å². The molecule has 2 unspecified atom stereocenters. The Hall–Kier alpha value is -1.59. The van der Waals surface area contributed by atoms with Crippen molar-refractivity contribution in [2.24, 2.45) is 23.9 Å². The molecular weight excluding hydrogens is 264 g/mol. The van der Waals surface area contributed by atoms with Crippen LogP contribution in [0.2, 0.25) is 0 Å². The van der Waals surface area contributed by atoms with Gasteiger partial charge in [-0.3, -0.25) is 0 Å². The predicted octanol–water partition coefficient (Wildman–Crippen LogP) is 1.40. The summed E-state index contributed by atoms with van der Waals surface area (Å²) < 4.78 is 1.93. The van der Waals surface area contributed by atoms with Crippen LogP contribution in [-0.2, 0) is 13.6 Å². The molecule has 1 aliphatic carbocycles. The van der Waals surface area contributed by atoms with Crippen molar-refractivity contribution in [3.8, 4) is 0 Å². The Balaban J connectivity index is 1.68. The molecule has 2 fully saturated rings. The molecule has 0 bridgehead atoms. The Bertz CT molecular complexity index is 480. The summed E-state index contributed by atoms with van der Waals surface area (Å²) >= 11 is 0. The first-order valence-electron chi connectivity index (χ1n) is 8.14. The number of likely N-dealkylation sites (tertiary alicyclic amines) is 1. The fourth-order valence-electron chi connectivity index (χ4n) is 3.60. The molecular formula is C15H26N6.